The fourth-order valence-corrected chi connectivity index (χ4v) is 3.42. The molecule has 0 heterocycles. The van der Waals surface area contributed by atoms with Gasteiger partial charge in [-0.3, -0.25) is 0 Å². The third kappa shape index (κ3) is 2.40. The van der Waals surface area contributed by atoms with Gasteiger partial charge in [-0.05, 0) is 33.6 Å². The lowest BCUT2D eigenvalue weighted by molar-refractivity contribution is -0.950. The lowest BCUT2D eigenvalue weighted by Gasteiger charge is -2.48. The molecule has 1 aliphatic rings. The highest BCUT2D eigenvalue weighted by atomic mass is 16.4. The van der Waals surface area contributed by atoms with Crippen molar-refractivity contribution in [1.82, 2.24) is 0 Å². The number of hydrogen-bond donors (Lipinski definition) is 0. The van der Waals surface area contributed by atoms with E-state index >= 15 is 0 Å². The summed E-state index contributed by atoms with van der Waals surface area (Å²) >= 11 is 0. The van der Waals surface area contributed by atoms with E-state index < -0.39 is 5.97 Å². The van der Waals surface area contributed by atoms with Gasteiger partial charge in [-0.1, -0.05) is 6.42 Å². The Balaban J connectivity index is 2.91. The minimum absolute atomic E-state index is 0.228. The number of carboxylic acid groups (broad SMARTS) is 1. The van der Waals surface area contributed by atoms with Crippen LogP contribution in [0.4, 0.5) is 0 Å². The molecule has 3 nitrogen and oxygen atoms in total. The van der Waals surface area contributed by atoms with Gasteiger partial charge in [-0.25, -0.2) is 0 Å². The smallest absolute Gasteiger partial charge is 0.0971 e. The van der Waals surface area contributed by atoms with Gasteiger partial charge >= 0.3 is 0 Å². The number of rotatable bonds is 5. The molecular formula is C13H25NO2. The maximum Gasteiger partial charge on any atom is 0.0971 e. The minimum atomic E-state index is -0.831. The summed E-state index contributed by atoms with van der Waals surface area (Å²) in [5.41, 5.74) is 0. The number of aliphatic carboxylic acids is 1. The fourth-order valence-electron chi connectivity index (χ4n) is 3.42. The highest BCUT2D eigenvalue weighted by molar-refractivity contribution is 5.68. The van der Waals surface area contributed by atoms with Crippen LogP contribution in [-0.4, -0.2) is 36.1 Å². The van der Waals surface area contributed by atoms with E-state index in [0.717, 1.165) is 43.4 Å². The summed E-state index contributed by atoms with van der Waals surface area (Å²) in [7, 11) is 0. The molecule has 0 aliphatic heterocycles. The SMILES string of the molecule is CC[N+](CC)(CC)C1CCCCC1C(=O)[O-]. The summed E-state index contributed by atoms with van der Waals surface area (Å²) in [6, 6.07) is 0.277. The molecule has 0 N–H and O–H groups in total. The highest BCUT2D eigenvalue weighted by Crippen LogP contribution is 2.32. The third-order valence-electron chi connectivity index (χ3n) is 4.63. The molecule has 1 rings (SSSR count). The topological polar surface area (TPSA) is 40.1 Å². The molecule has 0 spiro atoms. The van der Waals surface area contributed by atoms with E-state index in [2.05, 4.69) is 20.8 Å². The molecule has 1 fully saturated rings. The second-order valence-electron chi connectivity index (χ2n) is 4.94. The van der Waals surface area contributed by atoms with Crippen molar-refractivity contribution in [1.29, 1.82) is 0 Å². The maximum absolute atomic E-state index is 11.2. The Hall–Kier alpha value is -0.570. The van der Waals surface area contributed by atoms with Crippen LogP contribution in [-0.2, 0) is 4.79 Å². The summed E-state index contributed by atoms with van der Waals surface area (Å²) in [5.74, 6) is -1.06. The summed E-state index contributed by atoms with van der Waals surface area (Å²) in [6.07, 6.45) is 4.09. The van der Waals surface area contributed by atoms with Gasteiger partial charge in [0.1, 0.15) is 0 Å². The lowest BCUT2D eigenvalue weighted by Crippen LogP contribution is -2.61. The second kappa shape index (κ2) is 5.67. The Labute approximate surface area is 99.0 Å². The van der Waals surface area contributed by atoms with Crippen LogP contribution >= 0.6 is 0 Å². The normalized spacial score (nSPS) is 26.7. The molecule has 2 atom stereocenters. The first kappa shape index (κ1) is 13.5. The minimum Gasteiger partial charge on any atom is -0.550 e. The highest BCUT2D eigenvalue weighted by Gasteiger charge is 2.40. The van der Waals surface area contributed by atoms with Crippen molar-refractivity contribution < 1.29 is 14.4 Å². The average Bonchev–Trinajstić information content (AvgIpc) is 2.32. The Bertz CT molecular complexity index is 228. The van der Waals surface area contributed by atoms with Crippen LogP contribution in [0, 0.1) is 5.92 Å². The summed E-state index contributed by atoms with van der Waals surface area (Å²) in [6.45, 7) is 9.61. The van der Waals surface area contributed by atoms with Crippen molar-refractivity contribution >= 4 is 5.97 Å². The van der Waals surface area contributed by atoms with E-state index in [9.17, 15) is 9.90 Å². The van der Waals surface area contributed by atoms with Crippen LogP contribution in [0.2, 0.25) is 0 Å². The van der Waals surface area contributed by atoms with E-state index in [1.807, 2.05) is 0 Å². The van der Waals surface area contributed by atoms with Crippen molar-refractivity contribution in [2.24, 2.45) is 5.92 Å². The average molecular weight is 227 g/mol. The van der Waals surface area contributed by atoms with Gasteiger partial charge in [0.25, 0.3) is 0 Å². The Kier molecular flexibility index (Phi) is 4.78. The molecule has 3 heteroatoms. The molecule has 94 valence electrons. The Morgan fingerprint density at radius 2 is 1.62 bits per heavy atom. The number of nitrogens with zero attached hydrogens (tertiary/aromatic N) is 1. The first-order valence-electron chi connectivity index (χ1n) is 6.67. The number of quaternary nitrogens is 1. The van der Waals surface area contributed by atoms with Gasteiger partial charge in [0, 0.05) is 6.42 Å². The molecule has 0 radical (unpaired) electrons. The predicted molar refractivity (Wildman–Crippen MR) is 62.6 cm³/mol. The molecule has 16 heavy (non-hydrogen) atoms. The van der Waals surface area contributed by atoms with Gasteiger partial charge in [-0.15, -0.1) is 0 Å². The summed E-state index contributed by atoms with van der Waals surface area (Å²) in [5, 5.41) is 11.2. The molecule has 1 aliphatic carbocycles. The number of carboxylic acids is 1. The van der Waals surface area contributed by atoms with E-state index in [1.165, 1.54) is 6.42 Å². The van der Waals surface area contributed by atoms with E-state index in [-0.39, 0.29) is 12.0 Å². The molecule has 0 aromatic rings. The zero-order valence-electron chi connectivity index (χ0n) is 10.9. The van der Waals surface area contributed by atoms with Crippen molar-refractivity contribution in [2.75, 3.05) is 19.6 Å². The quantitative estimate of drug-likeness (QED) is 0.662. The van der Waals surface area contributed by atoms with Crippen LogP contribution in [0.25, 0.3) is 0 Å². The second-order valence-corrected chi connectivity index (χ2v) is 4.94. The number of carbonyl (C=O) groups is 1. The Morgan fingerprint density at radius 1 is 1.12 bits per heavy atom. The van der Waals surface area contributed by atoms with E-state index in [0.29, 0.717) is 0 Å². The van der Waals surface area contributed by atoms with Crippen LogP contribution in [0.5, 0.6) is 0 Å². The standard InChI is InChI=1S/C13H25NO2/c1-4-14(5-2,6-3)12-10-8-7-9-11(12)13(15)16/h11-12H,4-10H2,1-3H3. The summed E-state index contributed by atoms with van der Waals surface area (Å²) < 4.78 is 0.943. The van der Waals surface area contributed by atoms with E-state index in [1.54, 1.807) is 0 Å². The van der Waals surface area contributed by atoms with Crippen molar-refractivity contribution in [3.8, 4) is 0 Å². The molecule has 0 aromatic heterocycles. The molecule has 0 bridgehead atoms. The first-order chi connectivity index (χ1) is 7.61. The molecule has 0 amide bonds. The van der Waals surface area contributed by atoms with Crippen molar-refractivity contribution in [3.05, 3.63) is 0 Å². The van der Waals surface area contributed by atoms with Crippen molar-refractivity contribution in [2.45, 2.75) is 52.5 Å². The molecule has 1 saturated carbocycles. The van der Waals surface area contributed by atoms with Gasteiger partial charge in [0.15, 0.2) is 0 Å². The number of carbonyl (C=O) groups excluding carboxylic acids is 1. The summed E-state index contributed by atoms with van der Waals surface area (Å²) in [4.78, 5) is 11.2. The lowest BCUT2D eigenvalue weighted by atomic mass is 9.82. The third-order valence-corrected chi connectivity index (χ3v) is 4.63. The first-order valence-corrected chi connectivity index (χ1v) is 6.67. The van der Waals surface area contributed by atoms with Crippen LogP contribution in [0.1, 0.15) is 46.5 Å². The zero-order valence-corrected chi connectivity index (χ0v) is 10.9. The monoisotopic (exact) mass is 227 g/mol. The predicted octanol–water partition coefficient (Wildman–Crippen LogP) is 1.17. The van der Waals surface area contributed by atoms with Gasteiger partial charge in [-0.2, -0.15) is 0 Å². The molecule has 2 unspecified atom stereocenters. The van der Waals surface area contributed by atoms with Crippen LogP contribution in [0.3, 0.4) is 0 Å². The zero-order chi connectivity index (χ0) is 12.2. The Morgan fingerprint density at radius 3 is 2.06 bits per heavy atom. The largest absolute Gasteiger partial charge is 0.550 e. The van der Waals surface area contributed by atoms with E-state index in [4.69, 9.17) is 0 Å². The van der Waals surface area contributed by atoms with Gasteiger partial charge in [0.05, 0.1) is 37.6 Å². The van der Waals surface area contributed by atoms with Gasteiger partial charge in [0.2, 0.25) is 0 Å². The molecular weight excluding hydrogens is 202 g/mol. The van der Waals surface area contributed by atoms with Crippen molar-refractivity contribution in [3.63, 3.8) is 0 Å². The van der Waals surface area contributed by atoms with Gasteiger partial charge < -0.3 is 14.4 Å². The van der Waals surface area contributed by atoms with Crippen LogP contribution < -0.4 is 5.11 Å². The number of hydrogen-bond acceptors (Lipinski definition) is 2. The maximum atomic E-state index is 11.2. The molecule has 0 saturated heterocycles. The fraction of sp³-hybridized carbons (Fsp3) is 0.923. The van der Waals surface area contributed by atoms with Crippen LogP contribution in [0.15, 0.2) is 0 Å². The molecule has 0 aromatic carbocycles.